The predicted molar refractivity (Wildman–Crippen MR) is 130 cm³/mol. The van der Waals surface area contributed by atoms with E-state index < -0.39 is 0 Å². The molecule has 0 aliphatic heterocycles. The van der Waals surface area contributed by atoms with Gasteiger partial charge in [0, 0.05) is 0 Å². The number of hydrazone groups is 1. The molecule has 0 saturated carbocycles. The number of hydrogen-bond donors (Lipinski definition) is 1. The number of carbonyl (C=O) groups excluding carboxylic acids is 1. The lowest BCUT2D eigenvalue weighted by atomic mass is 10.2. The number of aryl methyl sites for hydroxylation is 1. The van der Waals surface area contributed by atoms with Crippen LogP contribution >= 0.6 is 34.7 Å². The zero-order valence-corrected chi connectivity index (χ0v) is 19.8. The fraction of sp³-hybridized carbons (Fsp3) is 0.182. The van der Waals surface area contributed by atoms with Gasteiger partial charge in [0.1, 0.15) is 10.9 Å². The Bertz CT molecular complexity index is 1250. The normalized spacial score (nSPS) is 11.3. The predicted octanol–water partition coefficient (Wildman–Crippen LogP) is 4.75. The molecule has 7 nitrogen and oxygen atoms in total. The number of nitrogens with zero attached hydrogens (tertiary/aromatic N) is 4. The molecule has 0 spiro atoms. The molecule has 2 aromatic carbocycles. The summed E-state index contributed by atoms with van der Waals surface area (Å²) in [6.45, 7) is 2.34. The lowest BCUT2D eigenvalue weighted by molar-refractivity contribution is -0.118. The standard InChI is InChI=1S/C22H20ClN5O2S2/c1-14-17(21(23)28(27-14)12-15-6-5-7-16(10-15)30-2)11-24-26-20(29)13-31-22-25-18-8-3-4-9-19(18)32-22/h3-11H,12-13H2,1-2H3,(H,26,29)/b24-11+. The van der Waals surface area contributed by atoms with E-state index in [4.69, 9.17) is 16.3 Å². The second-order valence-corrected chi connectivity index (χ2v) is 9.44. The van der Waals surface area contributed by atoms with Crippen molar-refractivity contribution < 1.29 is 9.53 Å². The summed E-state index contributed by atoms with van der Waals surface area (Å²) in [6.07, 6.45) is 1.52. The molecule has 4 aromatic rings. The first-order valence-corrected chi connectivity index (χ1v) is 11.9. The van der Waals surface area contributed by atoms with Crippen molar-refractivity contribution in [3.8, 4) is 5.75 Å². The highest BCUT2D eigenvalue weighted by Gasteiger charge is 2.13. The summed E-state index contributed by atoms with van der Waals surface area (Å²) < 4.78 is 8.91. The van der Waals surface area contributed by atoms with Crippen molar-refractivity contribution in [3.63, 3.8) is 0 Å². The number of halogens is 1. The number of thiazole rings is 1. The number of fused-ring (bicyclic) bond motifs is 1. The highest BCUT2D eigenvalue weighted by Crippen LogP contribution is 2.29. The van der Waals surface area contributed by atoms with E-state index in [-0.39, 0.29) is 11.7 Å². The number of carbonyl (C=O) groups is 1. The van der Waals surface area contributed by atoms with E-state index in [9.17, 15) is 4.79 Å². The molecule has 0 fully saturated rings. The van der Waals surface area contributed by atoms with E-state index >= 15 is 0 Å². The highest BCUT2D eigenvalue weighted by molar-refractivity contribution is 8.01. The molecule has 32 heavy (non-hydrogen) atoms. The Morgan fingerprint density at radius 2 is 2.16 bits per heavy atom. The topological polar surface area (TPSA) is 81.4 Å². The second kappa shape index (κ2) is 10.2. The number of methoxy groups -OCH3 is 1. The molecule has 1 amide bonds. The zero-order valence-electron chi connectivity index (χ0n) is 17.4. The summed E-state index contributed by atoms with van der Waals surface area (Å²) in [5.74, 6) is 0.776. The molecule has 10 heteroatoms. The molecular weight excluding hydrogens is 466 g/mol. The van der Waals surface area contributed by atoms with E-state index in [0.29, 0.717) is 17.3 Å². The van der Waals surface area contributed by atoms with Gasteiger partial charge in [-0.05, 0) is 36.8 Å². The van der Waals surface area contributed by atoms with Crippen molar-refractivity contribution in [1.82, 2.24) is 20.2 Å². The van der Waals surface area contributed by atoms with E-state index in [2.05, 4.69) is 20.6 Å². The summed E-state index contributed by atoms with van der Waals surface area (Å²) >= 11 is 9.45. The van der Waals surface area contributed by atoms with Crippen LogP contribution in [0.3, 0.4) is 0 Å². The molecule has 0 unspecified atom stereocenters. The molecule has 0 radical (unpaired) electrons. The van der Waals surface area contributed by atoms with E-state index in [0.717, 1.165) is 31.6 Å². The number of thioether (sulfide) groups is 1. The molecule has 0 atom stereocenters. The first-order valence-electron chi connectivity index (χ1n) is 9.69. The summed E-state index contributed by atoms with van der Waals surface area (Å²) in [4.78, 5) is 16.7. The molecule has 2 aromatic heterocycles. The Morgan fingerprint density at radius 1 is 1.31 bits per heavy atom. The van der Waals surface area contributed by atoms with Crippen LogP contribution in [-0.2, 0) is 11.3 Å². The van der Waals surface area contributed by atoms with Gasteiger partial charge in [0.05, 0.1) is 47.1 Å². The van der Waals surface area contributed by atoms with Crippen LogP contribution in [0.25, 0.3) is 10.2 Å². The number of nitrogens with one attached hydrogen (secondary N) is 1. The molecule has 0 aliphatic carbocycles. The van der Waals surface area contributed by atoms with Gasteiger partial charge in [0.25, 0.3) is 5.91 Å². The maximum absolute atomic E-state index is 12.2. The van der Waals surface area contributed by atoms with Gasteiger partial charge in [-0.1, -0.05) is 47.6 Å². The molecule has 0 aliphatic rings. The van der Waals surface area contributed by atoms with Gasteiger partial charge in [-0.15, -0.1) is 11.3 Å². The number of amides is 1. The summed E-state index contributed by atoms with van der Waals surface area (Å²) in [5.41, 5.74) is 5.87. The van der Waals surface area contributed by atoms with Crippen molar-refractivity contribution in [1.29, 1.82) is 0 Å². The van der Waals surface area contributed by atoms with Gasteiger partial charge in [-0.2, -0.15) is 10.2 Å². The minimum absolute atomic E-state index is 0.219. The quantitative estimate of drug-likeness (QED) is 0.221. The third-order valence-corrected chi connectivity index (χ3v) is 7.14. The molecule has 164 valence electrons. The Balaban J connectivity index is 1.35. The van der Waals surface area contributed by atoms with Gasteiger partial charge in [0.2, 0.25) is 0 Å². The Hall–Kier alpha value is -2.88. The maximum atomic E-state index is 12.2. The first-order chi connectivity index (χ1) is 15.5. The van der Waals surface area contributed by atoms with Crippen LogP contribution in [0.4, 0.5) is 0 Å². The average Bonchev–Trinajstić information content (AvgIpc) is 3.33. The fourth-order valence-electron chi connectivity index (χ4n) is 3.00. The zero-order chi connectivity index (χ0) is 22.5. The number of hydrogen-bond acceptors (Lipinski definition) is 7. The van der Waals surface area contributed by atoms with Crippen LogP contribution < -0.4 is 10.2 Å². The molecular formula is C22H20ClN5O2S2. The van der Waals surface area contributed by atoms with Gasteiger partial charge < -0.3 is 4.74 Å². The molecule has 0 saturated heterocycles. The first kappa shape index (κ1) is 22.3. The number of aromatic nitrogens is 3. The van der Waals surface area contributed by atoms with E-state index in [1.165, 1.54) is 18.0 Å². The van der Waals surface area contributed by atoms with Crippen LogP contribution in [0.2, 0.25) is 5.15 Å². The summed E-state index contributed by atoms with van der Waals surface area (Å²) in [5, 5.41) is 8.99. The van der Waals surface area contributed by atoms with Crippen molar-refractivity contribution >= 4 is 57.0 Å². The van der Waals surface area contributed by atoms with Crippen molar-refractivity contribution in [2.45, 2.75) is 17.8 Å². The number of para-hydroxylation sites is 1. The summed E-state index contributed by atoms with van der Waals surface area (Å²) in [7, 11) is 1.63. The minimum Gasteiger partial charge on any atom is -0.497 e. The molecule has 4 rings (SSSR count). The average molecular weight is 486 g/mol. The highest BCUT2D eigenvalue weighted by atomic mass is 35.5. The Kier molecular flexibility index (Phi) is 7.09. The Morgan fingerprint density at radius 3 is 2.97 bits per heavy atom. The van der Waals surface area contributed by atoms with Gasteiger partial charge in [0.15, 0.2) is 4.34 Å². The Labute approximate surface area is 198 Å². The second-order valence-electron chi connectivity index (χ2n) is 6.83. The molecule has 2 heterocycles. The largest absolute Gasteiger partial charge is 0.497 e. The minimum atomic E-state index is -0.219. The van der Waals surface area contributed by atoms with Crippen LogP contribution in [-0.4, -0.2) is 39.7 Å². The third-order valence-electron chi connectivity index (χ3n) is 4.56. The van der Waals surface area contributed by atoms with Crippen molar-refractivity contribution in [2.24, 2.45) is 5.10 Å². The lowest BCUT2D eigenvalue weighted by Crippen LogP contribution is -2.19. The van der Waals surface area contributed by atoms with Gasteiger partial charge in [-0.25, -0.2) is 15.1 Å². The fourth-order valence-corrected chi connectivity index (χ4v) is 5.15. The van der Waals surface area contributed by atoms with Crippen molar-refractivity contribution in [3.05, 3.63) is 70.5 Å². The van der Waals surface area contributed by atoms with Gasteiger partial charge in [-0.3, -0.25) is 4.79 Å². The number of rotatable bonds is 8. The van der Waals surface area contributed by atoms with Crippen molar-refractivity contribution in [2.75, 3.05) is 12.9 Å². The molecule has 1 N–H and O–H groups in total. The smallest absolute Gasteiger partial charge is 0.250 e. The third kappa shape index (κ3) is 5.29. The van der Waals surface area contributed by atoms with Crippen LogP contribution in [0.5, 0.6) is 5.75 Å². The SMILES string of the molecule is COc1cccc(Cn2nc(C)c(/C=N/NC(=O)CSc3nc4ccccc4s3)c2Cl)c1. The molecule has 0 bridgehead atoms. The maximum Gasteiger partial charge on any atom is 0.250 e. The van der Waals surface area contributed by atoms with E-state index in [1.807, 2.05) is 55.5 Å². The van der Waals surface area contributed by atoms with Crippen LogP contribution in [0, 0.1) is 6.92 Å². The van der Waals surface area contributed by atoms with Crippen LogP contribution in [0.15, 0.2) is 58.0 Å². The van der Waals surface area contributed by atoms with Crippen LogP contribution in [0.1, 0.15) is 16.8 Å². The van der Waals surface area contributed by atoms with E-state index in [1.54, 1.807) is 23.1 Å². The monoisotopic (exact) mass is 485 g/mol. The lowest BCUT2D eigenvalue weighted by Gasteiger charge is -2.06. The number of ether oxygens (including phenoxy) is 1. The van der Waals surface area contributed by atoms with Gasteiger partial charge >= 0.3 is 0 Å². The summed E-state index contributed by atoms with van der Waals surface area (Å²) in [6, 6.07) is 15.6. The number of benzene rings is 2.